The smallest absolute Gasteiger partial charge is 0.339 e. The molecule has 0 bridgehead atoms. The van der Waals surface area contributed by atoms with E-state index in [1.807, 2.05) is 43.3 Å². The normalized spacial score (nSPS) is 11.2. The van der Waals surface area contributed by atoms with Gasteiger partial charge in [0.05, 0.1) is 12.2 Å². The zero-order chi connectivity index (χ0) is 15.1. The van der Waals surface area contributed by atoms with Crippen molar-refractivity contribution in [2.24, 2.45) is 0 Å². The van der Waals surface area contributed by atoms with Crippen LogP contribution < -0.4 is 0 Å². The van der Waals surface area contributed by atoms with Crippen molar-refractivity contribution in [3.05, 3.63) is 71.1 Å². The number of allylic oxidation sites excluding steroid dienone is 1. The summed E-state index contributed by atoms with van der Waals surface area (Å²) in [6.07, 6.45) is 0. The Labute approximate surface area is 129 Å². The zero-order valence-electron chi connectivity index (χ0n) is 12.2. The minimum Gasteiger partial charge on any atom is -0.462 e. The van der Waals surface area contributed by atoms with Gasteiger partial charge >= 0.3 is 5.97 Å². The Bertz CT molecular complexity index is 633. The molecule has 2 aromatic rings. The lowest BCUT2D eigenvalue weighted by Gasteiger charge is -2.07. The Morgan fingerprint density at radius 1 is 1.10 bits per heavy atom. The van der Waals surface area contributed by atoms with Crippen LogP contribution in [0.3, 0.4) is 0 Å². The highest BCUT2D eigenvalue weighted by molar-refractivity contribution is 8.02. The molecule has 0 aliphatic heterocycles. The van der Waals surface area contributed by atoms with Gasteiger partial charge in [-0.05, 0) is 42.5 Å². The Balaban J connectivity index is 2.19. The van der Waals surface area contributed by atoms with Crippen molar-refractivity contribution in [3.8, 4) is 0 Å². The maximum atomic E-state index is 11.9. The fourth-order valence-corrected chi connectivity index (χ4v) is 2.74. The van der Waals surface area contributed by atoms with Gasteiger partial charge in [0.15, 0.2) is 0 Å². The predicted octanol–water partition coefficient (Wildman–Crippen LogP) is 5.02. The molecule has 21 heavy (non-hydrogen) atoms. The zero-order valence-corrected chi connectivity index (χ0v) is 13.0. The summed E-state index contributed by atoms with van der Waals surface area (Å²) in [5, 5.41) is 2.06. The molecule has 3 heteroatoms. The molecule has 0 saturated carbocycles. The van der Waals surface area contributed by atoms with E-state index < -0.39 is 0 Å². The van der Waals surface area contributed by atoms with E-state index in [4.69, 9.17) is 4.74 Å². The Kier molecular flexibility index (Phi) is 5.64. The third-order valence-corrected chi connectivity index (χ3v) is 4.06. The summed E-state index contributed by atoms with van der Waals surface area (Å²) in [7, 11) is 0. The van der Waals surface area contributed by atoms with Gasteiger partial charge in [0.1, 0.15) is 0 Å². The molecule has 0 aromatic heterocycles. The molecule has 0 N–H and O–H groups in total. The number of benzene rings is 2. The second kappa shape index (κ2) is 7.70. The van der Waals surface area contributed by atoms with Crippen LogP contribution in [-0.2, 0) is 4.74 Å². The maximum Gasteiger partial charge on any atom is 0.339 e. The molecular formula is C18H18O2S. The monoisotopic (exact) mass is 298 g/mol. The summed E-state index contributed by atoms with van der Waals surface area (Å²) < 4.78 is 5.09. The van der Waals surface area contributed by atoms with Crippen molar-refractivity contribution in [3.63, 3.8) is 0 Å². The van der Waals surface area contributed by atoms with Crippen LogP contribution in [0.5, 0.6) is 0 Å². The van der Waals surface area contributed by atoms with Gasteiger partial charge in [-0.25, -0.2) is 4.79 Å². The lowest BCUT2D eigenvalue weighted by atomic mass is 10.1. The molecule has 0 fully saturated rings. The first-order chi connectivity index (χ1) is 10.2. The summed E-state index contributed by atoms with van der Waals surface area (Å²) in [4.78, 5) is 12.8. The quantitative estimate of drug-likeness (QED) is 0.573. The number of thioether (sulfide) groups is 1. The first-order valence-electron chi connectivity index (χ1n) is 6.87. The average molecular weight is 298 g/mol. The van der Waals surface area contributed by atoms with E-state index in [2.05, 4.69) is 24.5 Å². The van der Waals surface area contributed by atoms with E-state index in [-0.39, 0.29) is 5.97 Å². The van der Waals surface area contributed by atoms with E-state index in [0.29, 0.717) is 12.2 Å². The maximum absolute atomic E-state index is 11.9. The molecule has 108 valence electrons. The highest BCUT2D eigenvalue weighted by Crippen LogP contribution is 2.27. The molecule has 0 atom stereocenters. The van der Waals surface area contributed by atoms with Crippen molar-refractivity contribution in [1.29, 1.82) is 0 Å². The second-order valence-electron chi connectivity index (χ2n) is 4.50. The SMILES string of the molecule is CCOC(=O)c1ccccc1S/C=C(\C)c1ccccc1. The Morgan fingerprint density at radius 2 is 1.76 bits per heavy atom. The molecule has 0 heterocycles. The van der Waals surface area contributed by atoms with Gasteiger partial charge in [-0.3, -0.25) is 0 Å². The summed E-state index contributed by atoms with van der Waals surface area (Å²) >= 11 is 1.54. The number of rotatable bonds is 5. The van der Waals surface area contributed by atoms with Crippen molar-refractivity contribution < 1.29 is 9.53 Å². The minimum absolute atomic E-state index is 0.272. The van der Waals surface area contributed by atoms with Crippen molar-refractivity contribution in [2.45, 2.75) is 18.7 Å². The minimum atomic E-state index is -0.272. The third-order valence-electron chi connectivity index (χ3n) is 2.97. The first kappa shape index (κ1) is 15.4. The molecule has 0 spiro atoms. The second-order valence-corrected chi connectivity index (χ2v) is 5.41. The Hall–Kier alpha value is -2.00. The van der Waals surface area contributed by atoms with Crippen LogP contribution in [0.15, 0.2) is 64.9 Å². The molecular weight excluding hydrogens is 280 g/mol. The number of ether oxygens (including phenoxy) is 1. The van der Waals surface area contributed by atoms with Crippen LogP contribution in [0.2, 0.25) is 0 Å². The number of esters is 1. The molecule has 0 aliphatic rings. The third kappa shape index (κ3) is 4.23. The average Bonchev–Trinajstić information content (AvgIpc) is 2.54. The summed E-state index contributed by atoms with van der Waals surface area (Å²) in [5.41, 5.74) is 2.96. The fourth-order valence-electron chi connectivity index (χ4n) is 1.87. The lowest BCUT2D eigenvalue weighted by molar-refractivity contribution is 0.0522. The standard InChI is InChI=1S/C18H18O2S/c1-3-20-18(19)16-11-7-8-12-17(16)21-13-14(2)15-9-5-4-6-10-15/h4-13H,3H2,1-2H3/b14-13+. The molecule has 0 saturated heterocycles. The van der Waals surface area contributed by atoms with Crippen molar-refractivity contribution >= 4 is 23.3 Å². The molecule has 2 rings (SSSR count). The summed E-state index contributed by atoms with van der Waals surface area (Å²) in [5.74, 6) is -0.272. The van der Waals surface area contributed by atoms with Gasteiger partial charge < -0.3 is 4.74 Å². The van der Waals surface area contributed by atoms with Gasteiger partial charge in [0.2, 0.25) is 0 Å². The van der Waals surface area contributed by atoms with Gasteiger partial charge in [0.25, 0.3) is 0 Å². The number of hydrogen-bond donors (Lipinski definition) is 0. The molecule has 0 aliphatic carbocycles. The van der Waals surface area contributed by atoms with Crippen LogP contribution in [0.1, 0.15) is 29.8 Å². The van der Waals surface area contributed by atoms with Gasteiger partial charge in [-0.2, -0.15) is 0 Å². The van der Waals surface area contributed by atoms with Gasteiger partial charge in [-0.1, -0.05) is 54.2 Å². The van der Waals surface area contributed by atoms with Crippen molar-refractivity contribution in [1.82, 2.24) is 0 Å². The van der Waals surface area contributed by atoms with Gasteiger partial charge in [0, 0.05) is 4.90 Å². The van der Waals surface area contributed by atoms with Gasteiger partial charge in [-0.15, -0.1) is 0 Å². The van der Waals surface area contributed by atoms with Crippen LogP contribution in [0, 0.1) is 0 Å². The van der Waals surface area contributed by atoms with Crippen molar-refractivity contribution in [2.75, 3.05) is 6.61 Å². The highest BCUT2D eigenvalue weighted by Gasteiger charge is 2.11. The molecule has 0 radical (unpaired) electrons. The van der Waals surface area contributed by atoms with Crippen LogP contribution in [-0.4, -0.2) is 12.6 Å². The summed E-state index contributed by atoms with van der Waals surface area (Å²) in [6.45, 7) is 4.26. The largest absolute Gasteiger partial charge is 0.462 e. The Morgan fingerprint density at radius 3 is 2.48 bits per heavy atom. The van der Waals surface area contributed by atoms with Crippen LogP contribution >= 0.6 is 11.8 Å². The topological polar surface area (TPSA) is 26.3 Å². The molecule has 0 unspecified atom stereocenters. The molecule has 0 amide bonds. The fraction of sp³-hybridized carbons (Fsp3) is 0.167. The molecule has 2 aromatic carbocycles. The number of carbonyl (C=O) groups is 1. The van der Waals surface area contributed by atoms with Crippen LogP contribution in [0.25, 0.3) is 5.57 Å². The predicted molar refractivity (Wildman–Crippen MR) is 88.3 cm³/mol. The van der Waals surface area contributed by atoms with E-state index in [1.54, 1.807) is 17.8 Å². The summed E-state index contributed by atoms with van der Waals surface area (Å²) in [6, 6.07) is 17.7. The molecule has 2 nitrogen and oxygen atoms in total. The first-order valence-corrected chi connectivity index (χ1v) is 7.75. The van der Waals surface area contributed by atoms with E-state index >= 15 is 0 Å². The van der Waals surface area contributed by atoms with E-state index in [9.17, 15) is 4.79 Å². The number of carbonyl (C=O) groups excluding carboxylic acids is 1. The van der Waals surface area contributed by atoms with E-state index in [0.717, 1.165) is 4.90 Å². The van der Waals surface area contributed by atoms with Crippen LogP contribution in [0.4, 0.5) is 0 Å². The number of hydrogen-bond acceptors (Lipinski definition) is 3. The van der Waals surface area contributed by atoms with E-state index in [1.165, 1.54) is 11.1 Å². The lowest BCUT2D eigenvalue weighted by Crippen LogP contribution is -2.05. The highest BCUT2D eigenvalue weighted by atomic mass is 32.2.